The third-order valence-corrected chi connectivity index (χ3v) is 6.84. The van der Waals surface area contributed by atoms with Crippen molar-refractivity contribution < 1.29 is 14.4 Å². The van der Waals surface area contributed by atoms with Gasteiger partial charge >= 0.3 is 0 Å². The summed E-state index contributed by atoms with van der Waals surface area (Å²) in [6.07, 6.45) is 1.76. The Kier molecular flexibility index (Phi) is 6.07. The number of carbonyl (C=O) groups excluding carboxylic acids is 3. The van der Waals surface area contributed by atoms with Gasteiger partial charge in [-0.2, -0.15) is 0 Å². The molecule has 166 valence electrons. The van der Waals surface area contributed by atoms with Gasteiger partial charge in [-0.3, -0.25) is 14.4 Å². The van der Waals surface area contributed by atoms with E-state index < -0.39 is 5.91 Å². The number of anilines is 2. The summed E-state index contributed by atoms with van der Waals surface area (Å²) in [6.45, 7) is 4.23. The normalized spacial score (nSPS) is 14.3. The molecule has 0 spiro atoms. The van der Waals surface area contributed by atoms with Crippen molar-refractivity contribution in [3.05, 3.63) is 38.8 Å². The zero-order valence-electron chi connectivity index (χ0n) is 17.8. The number of thiocarbonyl (C=S) groups is 1. The van der Waals surface area contributed by atoms with Crippen molar-refractivity contribution in [1.29, 1.82) is 0 Å². The van der Waals surface area contributed by atoms with E-state index in [4.69, 9.17) is 18.0 Å². The molecule has 1 aliphatic rings. The van der Waals surface area contributed by atoms with Crippen molar-refractivity contribution in [2.75, 3.05) is 17.2 Å². The molecule has 1 aromatic carbocycles. The number of nitrogens with zero attached hydrogens (tertiary/aromatic N) is 1. The van der Waals surface area contributed by atoms with Crippen LogP contribution in [0.25, 0.3) is 10.9 Å². The number of H-pyrrole nitrogens is 1. The number of benzene rings is 1. The van der Waals surface area contributed by atoms with Crippen molar-refractivity contribution in [3.8, 4) is 0 Å². The number of aryl methyl sites for hydroxylation is 2. The number of thiazole rings is 1. The molecule has 0 saturated heterocycles. The molecule has 0 radical (unpaired) electrons. The van der Waals surface area contributed by atoms with E-state index in [0.29, 0.717) is 70.1 Å². The van der Waals surface area contributed by atoms with Gasteiger partial charge in [0.2, 0.25) is 5.91 Å². The molecule has 3 aromatic rings. The number of ketones is 1. The van der Waals surface area contributed by atoms with Crippen LogP contribution in [0.15, 0.2) is 12.1 Å². The number of aromatic nitrogens is 2. The largest absolute Gasteiger partial charge is 0.381 e. The molecule has 3 heterocycles. The van der Waals surface area contributed by atoms with E-state index in [1.165, 1.54) is 11.3 Å². The van der Waals surface area contributed by atoms with E-state index in [-0.39, 0.29) is 11.7 Å². The molecule has 1 aliphatic heterocycles. The lowest BCUT2D eigenvalue weighted by Gasteiger charge is -2.14. The van der Waals surface area contributed by atoms with Gasteiger partial charge in [0, 0.05) is 40.8 Å². The molecule has 0 bridgehead atoms. The Balaban J connectivity index is 1.85. The van der Waals surface area contributed by atoms with Gasteiger partial charge in [-0.05, 0) is 31.9 Å². The minimum Gasteiger partial charge on any atom is -0.381 e. The first-order valence-electron chi connectivity index (χ1n) is 10.3. The Morgan fingerprint density at radius 1 is 1.28 bits per heavy atom. The Morgan fingerprint density at radius 2 is 2.06 bits per heavy atom. The second-order valence-electron chi connectivity index (χ2n) is 7.64. The molecule has 2 amide bonds. The number of carbonyl (C=O) groups is 3. The smallest absolute Gasteiger partial charge is 0.268 e. The maximum Gasteiger partial charge on any atom is 0.268 e. The highest BCUT2D eigenvalue weighted by atomic mass is 32.1. The number of primary amides is 1. The molecule has 0 atom stereocenters. The van der Waals surface area contributed by atoms with Gasteiger partial charge < -0.3 is 21.4 Å². The highest BCUT2D eigenvalue weighted by Gasteiger charge is 2.24. The zero-order valence-corrected chi connectivity index (χ0v) is 19.4. The average molecular weight is 470 g/mol. The summed E-state index contributed by atoms with van der Waals surface area (Å²) in [5, 5.41) is 7.81. The minimum atomic E-state index is -0.582. The third kappa shape index (κ3) is 4.15. The van der Waals surface area contributed by atoms with Crippen molar-refractivity contribution in [2.24, 2.45) is 5.73 Å². The predicted octanol–water partition coefficient (Wildman–Crippen LogP) is 3.73. The molecule has 5 N–H and O–H groups in total. The topological polar surface area (TPSA) is 130 Å². The van der Waals surface area contributed by atoms with Gasteiger partial charge in [0.05, 0.1) is 21.9 Å². The maximum absolute atomic E-state index is 13.1. The van der Waals surface area contributed by atoms with Crippen molar-refractivity contribution in [1.82, 2.24) is 9.97 Å². The number of Topliss-reactive ketones (excluding diaryl/α,β-unsaturated/α-hetero) is 1. The van der Waals surface area contributed by atoms with Crippen LogP contribution >= 0.6 is 23.6 Å². The molecule has 32 heavy (non-hydrogen) atoms. The zero-order chi connectivity index (χ0) is 23.0. The van der Waals surface area contributed by atoms with Crippen LogP contribution in [0.4, 0.5) is 11.5 Å². The van der Waals surface area contributed by atoms with E-state index in [2.05, 4.69) is 20.6 Å². The third-order valence-electron chi connectivity index (χ3n) is 5.40. The Morgan fingerprint density at radius 3 is 2.78 bits per heavy atom. The molecule has 10 heteroatoms. The first-order valence-corrected chi connectivity index (χ1v) is 11.6. The van der Waals surface area contributed by atoms with Gasteiger partial charge in [-0.25, -0.2) is 4.98 Å². The Hall–Kier alpha value is -3.11. The summed E-state index contributed by atoms with van der Waals surface area (Å²) < 4.78 is 0. The second-order valence-corrected chi connectivity index (χ2v) is 9.34. The van der Waals surface area contributed by atoms with Gasteiger partial charge in [0.1, 0.15) is 16.5 Å². The maximum atomic E-state index is 13.1. The number of nitrogens with one attached hydrogen (secondary N) is 3. The Labute approximate surface area is 194 Å². The highest BCUT2D eigenvalue weighted by molar-refractivity contribution is 7.80. The molecule has 2 aromatic heterocycles. The summed E-state index contributed by atoms with van der Waals surface area (Å²) >= 11 is 6.95. The fraction of sp³-hybridized carbons (Fsp3) is 0.318. The quantitative estimate of drug-likeness (QED) is 0.431. The van der Waals surface area contributed by atoms with Gasteiger partial charge in [0.25, 0.3) is 5.91 Å². The summed E-state index contributed by atoms with van der Waals surface area (Å²) in [5.74, 6) is -0.317. The SMILES string of the molecule is CCc1nc(C)sc1C(=O)Nc1[nH]c2cc(C(N)=O)cc3c2c1NCCC(=O)CCC3=S. The van der Waals surface area contributed by atoms with Gasteiger partial charge in [-0.15, -0.1) is 11.3 Å². The van der Waals surface area contributed by atoms with E-state index in [1.54, 1.807) is 12.1 Å². The standard InChI is InChI=1S/C22H23N5O3S2/c1-3-14-19(32-10(2)25-14)22(30)27-21-18-17-13(8-11(20(23)29)9-15(17)26-21)16(31)5-4-12(28)6-7-24-18/h8-9,24,26H,3-7H2,1-2H3,(H2,23,29)(H,27,30). The number of hydrogen-bond donors (Lipinski definition) is 4. The van der Waals surface area contributed by atoms with Crippen LogP contribution in [0.2, 0.25) is 0 Å². The number of aromatic amines is 1. The molecule has 8 nitrogen and oxygen atoms in total. The minimum absolute atomic E-state index is 0.0967. The van der Waals surface area contributed by atoms with Gasteiger partial charge in [0.15, 0.2) is 0 Å². The van der Waals surface area contributed by atoms with Crippen LogP contribution in [-0.2, 0) is 11.2 Å². The first-order chi connectivity index (χ1) is 15.3. The summed E-state index contributed by atoms with van der Waals surface area (Å²) in [6, 6.07) is 3.31. The molecule has 0 aliphatic carbocycles. The van der Waals surface area contributed by atoms with Gasteiger partial charge in [-0.1, -0.05) is 19.1 Å². The lowest BCUT2D eigenvalue weighted by Crippen LogP contribution is -2.16. The molecule has 0 fully saturated rings. The van der Waals surface area contributed by atoms with Crippen LogP contribution in [0.1, 0.15) is 62.5 Å². The van der Waals surface area contributed by atoms with Crippen LogP contribution in [0, 0.1) is 6.92 Å². The fourth-order valence-electron chi connectivity index (χ4n) is 3.86. The van der Waals surface area contributed by atoms with E-state index in [9.17, 15) is 14.4 Å². The molecule has 0 saturated carbocycles. The van der Waals surface area contributed by atoms with E-state index in [0.717, 1.165) is 16.1 Å². The predicted molar refractivity (Wildman–Crippen MR) is 130 cm³/mol. The summed E-state index contributed by atoms with van der Waals surface area (Å²) in [7, 11) is 0. The van der Waals surface area contributed by atoms with Crippen LogP contribution < -0.4 is 16.4 Å². The van der Waals surface area contributed by atoms with E-state index >= 15 is 0 Å². The highest BCUT2D eigenvalue weighted by Crippen LogP contribution is 2.37. The second kappa shape index (κ2) is 8.79. The lowest BCUT2D eigenvalue weighted by atomic mass is 9.97. The number of nitrogens with two attached hydrogens (primary N) is 1. The van der Waals surface area contributed by atoms with Crippen LogP contribution in [0.3, 0.4) is 0 Å². The monoisotopic (exact) mass is 469 g/mol. The van der Waals surface area contributed by atoms with Crippen LogP contribution in [-0.4, -0.2) is 39.0 Å². The molecular formula is C22H23N5O3S2. The molecule has 0 unspecified atom stereocenters. The fourth-order valence-corrected chi connectivity index (χ4v) is 5.03. The molecule has 4 rings (SSSR count). The first kappa shape index (κ1) is 22.1. The average Bonchev–Trinajstić information content (AvgIpc) is 3.30. The van der Waals surface area contributed by atoms with Crippen molar-refractivity contribution >= 4 is 68.4 Å². The van der Waals surface area contributed by atoms with E-state index in [1.807, 2.05) is 13.8 Å². The van der Waals surface area contributed by atoms with Crippen LogP contribution in [0.5, 0.6) is 0 Å². The summed E-state index contributed by atoms with van der Waals surface area (Å²) in [4.78, 5) is 45.9. The van der Waals surface area contributed by atoms with Crippen molar-refractivity contribution in [3.63, 3.8) is 0 Å². The lowest BCUT2D eigenvalue weighted by molar-refractivity contribution is -0.118. The summed E-state index contributed by atoms with van der Waals surface area (Å²) in [5.41, 5.74) is 8.49. The number of amides is 2. The Bertz CT molecular complexity index is 1270. The number of rotatable bonds is 4. The van der Waals surface area contributed by atoms with Crippen molar-refractivity contribution in [2.45, 2.75) is 39.5 Å². The molecular weight excluding hydrogens is 446 g/mol. The number of hydrogen-bond acceptors (Lipinski definition) is 7.